The second kappa shape index (κ2) is 6.32. The lowest BCUT2D eigenvalue weighted by molar-refractivity contribution is -0.385. The molecule has 8 heteroatoms. The summed E-state index contributed by atoms with van der Waals surface area (Å²) in [7, 11) is 1.58. The van der Waals surface area contributed by atoms with Crippen molar-refractivity contribution in [3.8, 4) is 11.3 Å². The molecule has 0 bridgehead atoms. The summed E-state index contributed by atoms with van der Waals surface area (Å²) in [6.45, 7) is 1.00. The first kappa shape index (κ1) is 16.4. The second-order valence-corrected chi connectivity index (χ2v) is 5.86. The Bertz CT molecular complexity index is 1040. The van der Waals surface area contributed by atoms with Crippen molar-refractivity contribution < 1.29 is 19.2 Å². The quantitative estimate of drug-likeness (QED) is 0.300. The van der Waals surface area contributed by atoms with Crippen LogP contribution in [0.3, 0.4) is 0 Å². The molecule has 3 aromatic rings. The molecule has 0 spiro atoms. The molecule has 0 aliphatic heterocycles. The Labute approximate surface area is 148 Å². The van der Waals surface area contributed by atoms with Gasteiger partial charge in [-0.25, -0.2) is 4.68 Å². The Hall–Kier alpha value is -3.10. The van der Waals surface area contributed by atoms with Crippen LogP contribution in [0.15, 0.2) is 36.4 Å². The molecule has 0 N–H and O–H groups in total. The lowest BCUT2D eigenvalue weighted by Gasteiger charge is -2.14. The molecule has 0 amide bonds. The zero-order chi connectivity index (χ0) is 18.3. The molecule has 0 atom stereocenters. The van der Waals surface area contributed by atoms with Crippen LogP contribution in [0.1, 0.15) is 15.9 Å². The number of hydrogen-bond donors (Lipinski definition) is 0. The highest BCUT2D eigenvalue weighted by Gasteiger charge is 2.34. The molecule has 4 rings (SSSR count). The number of fused-ring (bicyclic) bond motifs is 2. The Morgan fingerprint density at radius 2 is 1.92 bits per heavy atom. The number of carbonyl (C=O) groups is 1. The predicted octanol–water partition coefficient (Wildman–Crippen LogP) is 2.78. The first-order valence-corrected chi connectivity index (χ1v) is 8.02. The number of nitro benzene ring substituents is 1. The number of methoxy groups -OCH3 is 1. The lowest BCUT2D eigenvalue weighted by Crippen LogP contribution is -2.11. The van der Waals surface area contributed by atoms with Crippen LogP contribution in [0, 0.1) is 10.1 Å². The molecule has 0 saturated heterocycles. The van der Waals surface area contributed by atoms with Crippen LogP contribution in [0.4, 0.5) is 5.69 Å². The lowest BCUT2D eigenvalue weighted by atomic mass is 9.86. The molecular weight excluding hydrogens is 338 g/mol. The van der Waals surface area contributed by atoms with E-state index in [2.05, 4.69) is 5.10 Å². The van der Waals surface area contributed by atoms with Crippen LogP contribution in [0.2, 0.25) is 0 Å². The Balaban J connectivity index is 1.94. The van der Waals surface area contributed by atoms with E-state index in [-0.39, 0.29) is 23.8 Å². The molecule has 1 aliphatic carbocycles. The van der Waals surface area contributed by atoms with Gasteiger partial charge in [0.15, 0.2) is 0 Å². The molecule has 132 valence electrons. The van der Waals surface area contributed by atoms with Crippen LogP contribution in [0.25, 0.3) is 22.2 Å². The predicted molar refractivity (Wildman–Crippen MR) is 93.1 cm³/mol. The maximum absolute atomic E-state index is 12.9. The number of ether oxygens (including phenoxy) is 2. The van der Waals surface area contributed by atoms with Crippen LogP contribution in [0.5, 0.6) is 0 Å². The fourth-order valence-corrected chi connectivity index (χ4v) is 3.24. The Morgan fingerprint density at radius 1 is 1.15 bits per heavy atom. The van der Waals surface area contributed by atoms with Crippen LogP contribution >= 0.6 is 0 Å². The number of nitrogens with zero attached hydrogens (tertiary/aromatic N) is 3. The summed E-state index contributed by atoms with van der Waals surface area (Å²) in [4.78, 5) is 23.9. The summed E-state index contributed by atoms with van der Waals surface area (Å²) in [5.41, 5.74) is 2.15. The third kappa shape index (κ3) is 2.39. The highest BCUT2D eigenvalue weighted by molar-refractivity contribution is 6.27. The van der Waals surface area contributed by atoms with E-state index < -0.39 is 4.92 Å². The molecule has 2 aromatic carbocycles. The van der Waals surface area contributed by atoms with Gasteiger partial charge in [-0.05, 0) is 6.07 Å². The van der Waals surface area contributed by atoms with Crippen molar-refractivity contribution in [3.63, 3.8) is 0 Å². The van der Waals surface area contributed by atoms with Crippen molar-refractivity contribution in [2.24, 2.45) is 0 Å². The Morgan fingerprint density at radius 3 is 2.65 bits per heavy atom. The first-order chi connectivity index (χ1) is 12.6. The third-order valence-electron chi connectivity index (χ3n) is 4.39. The van der Waals surface area contributed by atoms with Crippen molar-refractivity contribution in [3.05, 3.63) is 57.6 Å². The number of rotatable bonds is 6. The largest absolute Gasteiger partial charge is 0.382 e. The monoisotopic (exact) mass is 353 g/mol. The van der Waals surface area contributed by atoms with Gasteiger partial charge in [-0.1, -0.05) is 24.3 Å². The number of benzene rings is 2. The zero-order valence-electron chi connectivity index (χ0n) is 14.0. The number of ketones is 1. The average Bonchev–Trinajstić information content (AvgIpc) is 3.02. The molecule has 0 fully saturated rings. The zero-order valence-corrected chi connectivity index (χ0v) is 14.0. The summed E-state index contributed by atoms with van der Waals surface area (Å²) in [5, 5.41) is 16.5. The van der Waals surface area contributed by atoms with Gasteiger partial charge < -0.3 is 9.47 Å². The molecule has 1 heterocycles. The van der Waals surface area contributed by atoms with Gasteiger partial charge in [0.1, 0.15) is 18.0 Å². The molecule has 26 heavy (non-hydrogen) atoms. The average molecular weight is 353 g/mol. The highest BCUT2D eigenvalue weighted by atomic mass is 16.6. The molecule has 8 nitrogen and oxygen atoms in total. The second-order valence-electron chi connectivity index (χ2n) is 5.86. The summed E-state index contributed by atoms with van der Waals surface area (Å²) < 4.78 is 12.1. The topological polar surface area (TPSA) is 96.5 Å². The van der Waals surface area contributed by atoms with E-state index in [1.807, 2.05) is 6.07 Å². The molecule has 1 aliphatic rings. The van der Waals surface area contributed by atoms with Crippen molar-refractivity contribution in [1.82, 2.24) is 9.78 Å². The summed E-state index contributed by atoms with van der Waals surface area (Å²) >= 11 is 0. The van der Waals surface area contributed by atoms with Gasteiger partial charge in [0.2, 0.25) is 5.78 Å². The van der Waals surface area contributed by atoms with E-state index in [9.17, 15) is 14.9 Å². The molecule has 1 aromatic heterocycles. The first-order valence-electron chi connectivity index (χ1n) is 8.02. The standard InChI is InChI=1S/C18H15N3O5/c1-25-8-9-26-10-20-13-6-7-14(21(23)24)16-15(13)17(19-20)11-4-2-3-5-12(11)18(16)22/h2-7H,8-10H2,1H3. The van der Waals surface area contributed by atoms with Crippen molar-refractivity contribution in [2.45, 2.75) is 6.73 Å². The normalized spacial score (nSPS) is 12.4. The van der Waals surface area contributed by atoms with Crippen LogP contribution < -0.4 is 0 Å². The number of hydrogen-bond acceptors (Lipinski definition) is 6. The number of carbonyl (C=O) groups excluding carboxylic acids is 1. The SMILES string of the molecule is COCCOCn1nc2c3c(c([N+](=O)[O-])ccc31)C(=O)c1ccccc1-2. The fourth-order valence-electron chi connectivity index (χ4n) is 3.24. The highest BCUT2D eigenvalue weighted by Crippen LogP contribution is 2.42. The van der Waals surface area contributed by atoms with Gasteiger partial charge in [0.25, 0.3) is 5.69 Å². The van der Waals surface area contributed by atoms with Gasteiger partial charge in [-0.3, -0.25) is 14.9 Å². The van der Waals surface area contributed by atoms with Gasteiger partial charge in [-0.15, -0.1) is 0 Å². The van der Waals surface area contributed by atoms with Crippen molar-refractivity contribution >= 4 is 22.4 Å². The molecule has 0 radical (unpaired) electrons. The fraction of sp³-hybridized carbons (Fsp3) is 0.222. The van der Waals surface area contributed by atoms with Gasteiger partial charge >= 0.3 is 0 Å². The molecule has 0 saturated carbocycles. The minimum Gasteiger partial charge on any atom is -0.382 e. The molecular formula is C18H15N3O5. The third-order valence-corrected chi connectivity index (χ3v) is 4.39. The van der Waals surface area contributed by atoms with Crippen molar-refractivity contribution in [2.75, 3.05) is 20.3 Å². The van der Waals surface area contributed by atoms with E-state index in [1.165, 1.54) is 6.07 Å². The van der Waals surface area contributed by atoms with E-state index in [0.717, 1.165) is 0 Å². The maximum atomic E-state index is 12.9. The number of aromatic nitrogens is 2. The van der Waals surface area contributed by atoms with E-state index in [4.69, 9.17) is 9.47 Å². The minimum atomic E-state index is -0.531. The van der Waals surface area contributed by atoms with E-state index in [1.54, 1.807) is 36.1 Å². The Kier molecular flexibility index (Phi) is 3.98. The summed E-state index contributed by atoms with van der Waals surface area (Å²) in [5.74, 6) is -0.356. The van der Waals surface area contributed by atoms with Crippen LogP contribution in [-0.2, 0) is 16.2 Å². The maximum Gasteiger partial charge on any atom is 0.281 e. The molecule has 0 unspecified atom stereocenters. The smallest absolute Gasteiger partial charge is 0.281 e. The van der Waals surface area contributed by atoms with Gasteiger partial charge in [0, 0.05) is 29.7 Å². The summed E-state index contributed by atoms with van der Waals surface area (Å²) in [6.07, 6.45) is 0. The van der Waals surface area contributed by atoms with Crippen LogP contribution in [-0.4, -0.2) is 40.8 Å². The minimum absolute atomic E-state index is 0.0874. The summed E-state index contributed by atoms with van der Waals surface area (Å²) in [6, 6.07) is 9.96. The van der Waals surface area contributed by atoms with E-state index >= 15 is 0 Å². The number of nitro groups is 1. The van der Waals surface area contributed by atoms with Crippen molar-refractivity contribution in [1.29, 1.82) is 0 Å². The van der Waals surface area contributed by atoms with Gasteiger partial charge in [0.05, 0.1) is 23.7 Å². The van der Waals surface area contributed by atoms with Gasteiger partial charge in [-0.2, -0.15) is 5.10 Å². The van der Waals surface area contributed by atoms with E-state index in [0.29, 0.717) is 40.9 Å².